The lowest BCUT2D eigenvalue weighted by Crippen LogP contribution is -2.46. The maximum absolute atomic E-state index is 12.2. The Morgan fingerprint density at radius 2 is 1.95 bits per heavy atom. The van der Waals surface area contributed by atoms with Crippen LogP contribution < -0.4 is 5.32 Å². The third kappa shape index (κ3) is 8.86. The number of carbonyl (C=O) groups excluding carboxylic acids is 1. The third-order valence-corrected chi connectivity index (χ3v) is 4.23. The molecular weight excluding hydrogens is 288 g/mol. The number of aliphatic carboxylic acids is 1. The van der Waals surface area contributed by atoms with E-state index in [1.165, 1.54) is 0 Å². The van der Waals surface area contributed by atoms with Crippen LogP contribution in [-0.4, -0.2) is 53.6 Å². The second kappa shape index (κ2) is 10.8. The van der Waals surface area contributed by atoms with Gasteiger partial charge in [0.15, 0.2) is 0 Å². The van der Waals surface area contributed by atoms with Crippen molar-refractivity contribution in [1.82, 2.24) is 10.2 Å². The van der Waals surface area contributed by atoms with Crippen molar-refractivity contribution in [3.05, 3.63) is 0 Å². The number of rotatable bonds is 10. The Morgan fingerprint density at radius 3 is 2.38 bits per heavy atom. The zero-order chi connectivity index (χ0) is 16.4. The van der Waals surface area contributed by atoms with Gasteiger partial charge in [0.1, 0.15) is 0 Å². The average Bonchev–Trinajstić information content (AvgIpc) is 2.39. The fourth-order valence-corrected chi connectivity index (χ4v) is 3.21. The number of urea groups is 1. The Kier molecular flexibility index (Phi) is 10.3. The molecule has 2 atom stereocenters. The highest BCUT2D eigenvalue weighted by atomic mass is 32.2. The summed E-state index contributed by atoms with van der Waals surface area (Å²) < 4.78 is 0. The number of hydrogen-bond acceptors (Lipinski definition) is 3. The van der Waals surface area contributed by atoms with E-state index < -0.39 is 5.97 Å². The first-order valence-electron chi connectivity index (χ1n) is 7.53. The molecular formula is C15H30N2O3S. The van der Waals surface area contributed by atoms with E-state index in [4.69, 9.17) is 5.11 Å². The summed E-state index contributed by atoms with van der Waals surface area (Å²) in [6.45, 7) is 6.61. The minimum Gasteiger partial charge on any atom is -0.481 e. The Hall–Kier alpha value is -0.910. The minimum absolute atomic E-state index is 0.0134. The molecule has 124 valence electrons. The second-order valence-corrected chi connectivity index (χ2v) is 6.82. The molecule has 6 heteroatoms. The summed E-state index contributed by atoms with van der Waals surface area (Å²) in [7, 11) is 1.80. The zero-order valence-corrected chi connectivity index (χ0v) is 14.7. The summed E-state index contributed by atoms with van der Waals surface area (Å²) in [5, 5.41) is 11.8. The zero-order valence-electron chi connectivity index (χ0n) is 13.9. The molecule has 0 saturated carbocycles. The van der Waals surface area contributed by atoms with Crippen LogP contribution in [0.25, 0.3) is 0 Å². The first-order chi connectivity index (χ1) is 9.81. The molecule has 2 amide bonds. The monoisotopic (exact) mass is 318 g/mol. The summed E-state index contributed by atoms with van der Waals surface area (Å²) in [6.07, 6.45) is 3.84. The smallest absolute Gasteiger partial charge is 0.317 e. The maximum Gasteiger partial charge on any atom is 0.317 e. The third-order valence-electron chi connectivity index (χ3n) is 3.51. The van der Waals surface area contributed by atoms with Gasteiger partial charge in [0, 0.05) is 31.8 Å². The molecule has 0 fully saturated rings. The number of carbonyl (C=O) groups is 2. The predicted octanol–water partition coefficient (Wildman–Crippen LogP) is 2.91. The number of hydrogen-bond donors (Lipinski definition) is 2. The predicted molar refractivity (Wildman–Crippen MR) is 88.8 cm³/mol. The molecule has 0 radical (unpaired) electrons. The van der Waals surface area contributed by atoms with Crippen LogP contribution in [0.4, 0.5) is 4.79 Å². The first kappa shape index (κ1) is 20.1. The van der Waals surface area contributed by atoms with Gasteiger partial charge in [-0.05, 0) is 30.9 Å². The van der Waals surface area contributed by atoms with E-state index in [1.54, 1.807) is 23.7 Å². The summed E-state index contributed by atoms with van der Waals surface area (Å²) in [5.41, 5.74) is 0. The number of nitrogens with one attached hydrogen (secondary N) is 1. The van der Waals surface area contributed by atoms with E-state index in [2.05, 4.69) is 26.1 Å². The van der Waals surface area contributed by atoms with Crippen molar-refractivity contribution >= 4 is 23.8 Å². The average molecular weight is 318 g/mol. The molecule has 0 bridgehead atoms. The van der Waals surface area contributed by atoms with Crippen molar-refractivity contribution in [2.24, 2.45) is 11.8 Å². The van der Waals surface area contributed by atoms with Crippen molar-refractivity contribution in [2.45, 2.75) is 46.1 Å². The van der Waals surface area contributed by atoms with Gasteiger partial charge in [-0.3, -0.25) is 4.79 Å². The lowest BCUT2D eigenvalue weighted by Gasteiger charge is -2.28. The molecule has 0 saturated heterocycles. The lowest BCUT2D eigenvalue weighted by atomic mass is 9.94. The van der Waals surface area contributed by atoms with Crippen LogP contribution in [0.2, 0.25) is 0 Å². The highest BCUT2D eigenvalue weighted by Crippen LogP contribution is 2.15. The highest BCUT2D eigenvalue weighted by molar-refractivity contribution is 7.98. The molecule has 0 aliphatic heterocycles. The quantitative estimate of drug-likeness (QED) is 0.650. The standard InChI is InChI=1S/C15H30N2O3S/c1-6-13(10-21-5)17(4)15(20)16-9-12(7-11(2)3)8-14(18)19/h11-13H,6-10H2,1-5H3,(H,16,20)(H,18,19)/t12-,13?/m0/s1. The highest BCUT2D eigenvalue weighted by Gasteiger charge is 2.20. The van der Waals surface area contributed by atoms with Crippen molar-refractivity contribution in [3.63, 3.8) is 0 Å². The van der Waals surface area contributed by atoms with Gasteiger partial charge in [-0.2, -0.15) is 11.8 Å². The number of nitrogens with zero attached hydrogens (tertiary/aromatic N) is 1. The minimum atomic E-state index is -0.808. The fraction of sp³-hybridized carbons (Fsp3) is 0.867. The van der Waals surface area contributed by atoms with Gasteiger partial charge in [-0.25, -0.2) is 4.79 Å². The summed E-state index contributed by atoms with van der Waals surface area (Å²) in [4.78, 5) is 24.8. The van der Waals surface area contributed by atoms with E-state index in [-0.39, 0.29) is 24.4 Å². The number of carboxylic acid groups (broad SMARTS) is 1. The van der Waals surface area contributed by atoms with Gasteiger partial charge in [0.05, 0.1) is 0 Å². The normalized spacial score (nSPS) is 13.8. The van der Waals surface area contributed by atoms with E-state index >= 15 is 0 Å². The fourth-order valence-electron chi connectivity index (χ4n) is 2.37. The van der Waals surface area contributed by atoms with Crippen molar-refractivity contribution in [2.75, 3.05) is 25.6 Å². The van der Waals surface area contributed by atoms with Gasteiger partial charge >= 0.3 is 12.0 Å². The summed E-state index contributed by atoms with van der Waals surface area (Å²) >= 11 is 1.72. The van der Waals surface area contributed by atoms with Crippen LogP contribution >= 0.6 is 11.8 Å². The second-order valence-electron chi connectivity index (χ2n) is 5.91. The molecule has 5 nitrogen and oxygen atoms in total. The molecule has 0 aliphatic rings. The van der Waals surface area contributed by atoms with Gasteiger partial charge in [-0.15, -0.1) is 0 Å². The Balaban J connectivity index is 4.42. The molecule has 21 heavy (non-hydrogen) atoms. The molecule has 1 unspecified atom stereocenters. The van der Waals surface area contributed by atoms with Crippen LogP contribution in [0.3, 0.4) is 0 Å². The largest absolute Gasteiger partial charge is 0.481 e. The van der Waals surface area contributed by atoms with Gasteiger partial charge in [0.2, 0.25) is 0 Å². The van der Waals surface area contributed by atoms with Crippen LogP contribution in [-0.2, 0) is 4.79 Å². The van der Waals surface area contributed by atoms with Gasteiger partial charge in [0.25, 0.3) is 0 Å². The topological polar surface area (TPSA) is 69.6 Å². The lowest BCUT2D eigenvalue weighted by molar-refractivity contribution is -0.138. The van der Waals surface area contributed by atoms with Gasteiger partial charge in [-0.1, -0.05) is 20.8 Å². The van der Waals surface area contributed by atoms with E-state index in [1.807, 2.05) is 6.26 Å². The van der Waals surface area contributed by atoms with E-state index in [0.717, 1.165) is 18.6 Å². The summed E-state index contributed by atoms with van der Waals surface area (Å²) in [6, 6.07) is 0.0954. The molecule has 2 N–H and O–H groups in total. The molecule has 0 spiro atoms. The first-order valence-corrected chi connectivity index (χ1v) is 8.92. The van der Waals surface area contributed by atoms with Crippen LogP contribution in [0.1, 0.15) is 40.0 Å². The van der Waals surface area contributed by atoms with E-state index in [0.29, 0.717) is 12.5 Å². The van der Waals surface area contributed by atoms with Crippen LogP contribution in [0.5, 0.6) is 0 Å². The number of carboxylic acids is 1. The molecule has 0 heterocycles. The number of thioether (sulfide) groups is 1. The Morgan fingerprint density at radius 1 is 1.33 bits per heavy atom. The van der Waals surface area contributed by atoms with Crippen molar-refractivity contribution in [3.8, 4) is 0 Å². The SMILES string of the molecule is CCC(CSC)N(C)C(=O)NC[C@H](CC(=O)O)CC(C)C. The van der Waals surface area contributed by atoms with E-state index in [9.17, 15) is 9.59 Å². The molecule has 0 rings (SSSR count). The molecule has 0 aliphatic carbocycles. The molecule has 0 aromatic carbocycles. The van der Waals surface area contributed by atoms with Gasteiger partial charge < -0.3 is 15.3 Å². The Labute approximate surface area is 132 Å². The van der Waals surface area contributed by atoms with Crippen molar-refractivity contribution in [1.29, 1.82) is 0 Å². The van der Waals surface area contributed by atoms with Crippen LogP contribution in [0, 0.1) is 11.8 Å². The number of amides is 2. The molecule has 0 aromatic heterocycles. The van der Waals surface area contributed by atoms with Crippen LogP contribution in [0.15, 0.2) is 0 Å². The van der Waals surface area contributed by atoms with Crippen molar-refractivity contribution < 1.29 is 14.7 Å². The molecule has 0 aromatic rings. The summed E-state index contributed by atoms with van der Waals surface area (Å²) in [5.74, 6) is 0.506. The Bertz CT molecular complexity index is 324. The maximum atomic E-state index is 12.2.